The molecule has 2 unspecified atom stereocenters. The Morgan fingerprint density at radius 3 is 2.50 bits per heavy atom. The number of aryl methyl sites for hydroxylation is 1. The quantitative estimate of drug-likeness (QED) is 0.541. The van der Waals surface area contributed by atoms with E-state index in [1.54, 1.807) is 0 Å². The van der Waals surface area contributed by atoms with Crippen molar-refractivity contribution in [2.45, 2.75) is 78.6 Å². The Morgan fingerprint density at radius 1 is 1.18 bits per heavy atom. The molecule has 2 fully saturated rings. The number of hydrogen-bond acceptors (Lipinski definition) is 6. The molecule has 1 spiro atoms. The summed E-state index contributed by atoms with van der Waals surface area (Å²) in [6, 6.07) is 8.83. The number of aromatic nitrogens is 2. The van der Waals surface area contributed by atoms with Crippen LogP contribution in [0.25, 0.3) is 0 Å². The van der Waals surface area contributed by atoms with Crippen LogP contribution in [0.1, 0.15) is 93.1 Å². The van der Waals surface area contributed by atoms with Crippen molar-refractivity contribution in [2.24, 2.45) is 11.3 Å². The van der Waals surface area contributed by atoms with E-state index < -0.39 is 0 Å². The fourth-order valence-electron chi connectivity index (χ4n) is 5.63. The van der Waals surface area contributed by atoms with Crippen LogP contribution >= 0.6 is 0 Å². The Bertz CT molecular complexity index is 1150. The van der Waals surface area contributed by atoms with Gasteiger partial charge in [-0.2, -0.15) is 10.5 Å². The molecule has 1 aromatic heterocycles. The van der Waals surface area contributed by atoms with Gasteiger partial charge in [-0.05, 0) is 48.8 Å². The van der Waals surface area contributed by atoms with Gasteiger partial charge in [0.2, 0.25) is 0 Å². The summed E-state index contributed by atoms with van der Waals surface area (Å²) in [6.45, 7) is 10.5. The number of nitrogen functional groups attached to an aromatic ring is 1. The van der Waals surface area contributed by atoms with Crippen molar-refractivity contribution >= 4 is 11.5 Å². The first-order valence-corrected chi connectivity index (χ1v) is 12.8. The number of nitrogens with two attached hydrogens (primary N) is 1. The number of rotatable bonds is 8. The second kappa shape index (κ2) is 9.63. The van der Waals surface area contributed by atoms with Gasteiger partial charge in [-0.3, -0.25) is 0 Å². The van der Waals surface area contributed by atoms with Gasteiger partial charge in [0.15, 0.2) is 0 Å². The summed E-state index contributed by atoms with van der Waals surface area (Å²) in [5.41, 5.74) is 11.9. The average molecular weight is 457 g/mol. The molecule has 1 aliphatic carbocycles. The highest BCUT2D eigenvalue weighted by Crippen LogP contribution is 2.54. The molecule has 2 atom stereocenters. The van der Waals surface area contributed by atoms with Crippen molar-refractivity contribution in [3.63, 3.8) is 0 Å². The van der Waals surface area contributed by atoms with E-state index in [1.165, 1.54) is 11.1 Å². The molecule has 1 aromatic carbocycles. The van der Waals surface area contributed by atoms with E-state index in [4.69, 9.17) is 15.7 Å². The first kappa shape index (κ1) is 24.0. The van der Waals surface area contributed by atoms with Gasteiger partial charge in [0.25, 0.3) is 0 Å². The molecule has 2 N–H and O–H groups in total. The number of hydrogen-bond donors (Lipinski definition) is 1. The maximum Gasteiger partial charge on any atom is 0.135 e. The maximum atomic E-state index is 9.96. The van der Waals surface area contributed by atoms with Crippen molar-refractivity contribution in [3.05, 3.63) is 45.9 Å². The molecule has 4 rings (SSSR count). The molecule has 2 aromatic rings. The zero-order valence-electron chi connectivity index (χ0n) is 21.0. The van der Waals surface area contributed by atoms with Crippen LogP contribution in [0.2, 0.25) is 0 Å². The Hall–Kier alpha value is -3.12. The molecule has 1 saturated carbocycles. The van der Waals surface area contributed by atoms with Crippen LogP contribution < -0.4 is 10.6 Å². The third-order valence-electron chi connectivity index (χ3n) is 8.05. The molecule has 2 heterocycles. The molecule has 0 amide bonds. The van der Waals surface area contributed by atoms with Gasteiger partial charge in [-0.1, -0.05) is 40.2 Å². The summed E-state index contributed by atoms with van der Waals surface area (Å²) in [5.74, 6) is 2.38. The smallest absolute Gasteiger partial charge is 0.135 e. The van der Waals surface area contributed by atoms with Gasteiger partial charge in [0, 0.05) is 42.6 Å². The van der Waals surface area contributed by atoms with Crippen molar-refractivity contribution < 1.29 is 0 Å². The van der Waals surface area contributed by atoms with Crippen molar-refractivity contribution in [3.8, 4) is 12.1 Å². The summed E-state index contributed by atoms with van der Waals surface area (Å²) in [7, 11) is 0. The predicted molar refractivity (Wildman–Crippen MR) is 135 cm³/mol. The van der Waals surface area contributed by atoms with E-state index in [0.717, 1.165) is 74.5 Å². The Morgan fingerprint density at radius 2 is 1.94 bits per heavy atom. The molecule has 6 nitrogen and oxygen atoms in total. The lowest BCUT2D eigenvalue weighted by atomic mass is 9.56. The lowest BCUT2D eigenvalue weighted by Crippen LogP contribution is -2.64. The summed E-state index contributed by atoms with van der Waals surface area (Å²) < 4.78 is 0. The fraction of sp³-hybridized carbons (Fsp3) is 0.571. The highest BCUT2D eigenvalue weighted by atomic mass is 15.3. The molecule has 2 aliphatic rings. The number of benzene rings is 1. The van der Waals surface area contributed by atoms with Crippen LogP contribution in [0, 0.1) is 34.0 Å². The molecule has 1 saturated heterocycles. The number of nitriles is 2. The lowest BCUT2D eigenvalue weighted by molar-refractivity contribution is 0.0353. The minimum absolute atomic E-state index is 0.154. The van der Waals surface area contributed by atoms with E-state index in [0.29, 0.717) is 23.6 Å². The Balaban J connectivity index is 1.78. The molecular weight excluding hydrogens is 420 g/mol. The second-order valence-corrected chi connectivity index (χ2v) is 10.1. The van der Waals surface area contributed by atoms with Gasteiger partial charge in [0.05, 0.1) is 23.2 Å². The van der Waals surface area contributed by atoms with E-state index in [9.17, 15) is 10.5 Å². The van der Waals surface area contributed by atoms with Gasteiger partial charge >= 0.3 is 0 Å². The Labute approximate surface area is 203 Å². The van der Waals surface area contributed by atoms with Crippen LogP contribution in [0.4, 0.5) is 11.5 Å². The summed E-state index contributed by atoms with van der Waals surface area (Å²) in [5, 5.41) is 19.5. The topological polar surface area (TPSA) is 103 Å². The highest BCUT2D eigenvalue weighted by Gasteiger charge is 2.55. The minimum Gasteiger partial charge on any atom is -0.398 e. The third-order valence-corrected chi connectivity index (χ3v) is 8.05. The summed E-state index contributed by atoms with van der Waals surface area (Å²) in [6.07, 6.45) is 6.38. The Kier molecular flexibility index (Phi) is 6.80. The van der Waals surface area contributed by atoms with E-state index in [1.807, 2.05) is 6.07 Å². The third kappa shape index (κ3) is 4.00. The monoisotopic (exact) mass is 456 g/mol. The fourth-order valence-corrected chi connectivity index (χ4v) is 5.63. The number of nitrogens with zero attached hydrogens (tertiary/aromatic N) is 5. The summed E-state index contributed by atoms with van der Waals surface area (Å²) >= 11 is 0. The second-order valence-electron chi connectivity index (χ2n) is 10.1. The SMILES string of the molecule is CCCc1c(Cc2c(C(C)CC)ccc(N)c2C#N)nc(CC)nc1N1CC2(CCC2C#N)C1. The molecule has 0 radical (unpaired) electrons. The first-order valence-electron chi connectivity index (χ1n) is 12.8. The van der Waals surface area contributed by atoms with Crippen LogP contribution in [0.15, 0.2) is 12.1 Å². The van der Waals surface area contributed by atoms with E-state index in [2.05, 4.69) is 50.8 Å². The molecule has 6 heteroatoms. The zero-order chi connectivity index (χ0) is 24.5. The van der Waals surface area contributed by atoms with Gasteiger partial charge in [0.1, 0.15) is 17.7 Å². The van der Waals surface area contributed by atoms with Gasteiger partial charge in [-0.15, -0.1) is 0 Å². The lowest BCUT2D eigenvalue weighted by Gasteiger charge is -2.59. The molecule has 0 bridgehead atoms. The molecular formula is C28H36N6. The molecule has 178 valence electrons. The standard InChI is InChI=1S/C28H36N6/c1-5-8-21-25(13-22-20(18(4)6-2)9-10-24(31)23(22)15-30)32-26(7-3)33-27(21)34-16-28(17-34)12-11-19(28)14-29/h9-10,18-19H,5-8,11-13,16-17,31H2,1-4H3. The van der Waals surface area contributed by atoms with Crippen LogP contribution in [0.3, 0.4) is 0 Å². The van der Waals surface area contributed by atoms with E-state index in [-0.39, 0.29) is 11.3 Å². The van der Waals surface area contributed by atoms with Crippen molar-refractivity contribution in [1.82, 2.24) is 9.97 Å². The average Bonchev–Trinajstić information content (AvgIpc) is 2.79. The summed E-state index contributed by atoms with van der Waals surface area (Å²) in [4.78, 5) is 12.3. The predicted octanol–water partition coefficient (Wildman–Crippen LogP) is 5.29. The van der Waals surface area contributed by atoms with Crippen LogP contribution in [-0.4, -0.2) is 23.1 Å². The first-order chi connectivity index (χ1) is 16.4. The molecule has 1 aliphatic heterocycles. The van der Waals surface area contributed by atoms with Gasteiger partial charge < -0.3 is 10.6 Å². The zero-order valence-corrected chi connectivity index (χ0v) is 21.0. The minimum atomic E-state index is 0.154. The number of anilines is 2. The normalized spacial score (nSPS) is 19.1. The van der Waals surface area contributed by atoms with Crippen LogP contribution in [0.5, 0.6) is 0 Å². The van der Waals surface area contributed by atoms with E-state index >= 15 is 0 Å². The molecule has 34 heavy (non-hydrogen) atoms. The highest BCUT2D eigenvalue weighted by molar-refractivity contribution is 5.62. The van der Waals surface area contributed by atoms with Gasteiger partial charge in [-0.25, -0.2) is 9.97 Å². The maximum absolute atomic E-state index is 9.96. The largest absolute Gasteiger partial charge is 0.398 e. The van der Waals surface area contributed by atoms with Crippen LogP contribution in [-0.2, 0) is 19.3 Å². The van der Waals surface area contributed by atoms with Crippen molar-refractivity contribution in [1.29, 1.82) is 10.5 Å². The van der Waals surface area contributed by atoms with Crippen molar-refractivity contribution in [2.75, 3.05) is 23.7 Å².